The van der Waals surface area contributed by atoms with Gasteiger partial charge in [0.2, 0.25) is 5.91 Å². The summed E-state index contributed by atoms with van der Waals surface area (Å²) in [5.41, 5.74) is 0. The number of carbonyl (C=O) groups excluding carboxylic acids is 1. The van der Waals surface area contributed by atoms with Crippen molar-refractivity contribution in [3.05, 3.63) is 24.3 Å². The van der Waals surface area contributed by atoms with Gasteiger partial charge in [0.05, 0.1) is 13.2 Å². The molecule has 0 heterocycles. The maximum Gasteiger partial charge on any atom is 0.222 e. The highest BCUT2D eigenvalue weighted by Crippen LogP contribution is 2.19. The van der Waals surface area contributed by atoms with Gasteiger partial charge in [-0.05, 0) is 25.0 Å². The lowest BCUT2D eigenvalue weighted by atomic mass is 10.3. The average Bonchev–Trinajstić information content (AvgIpc) is 2.41. The van der Waals surface area contributed by atoms with E-state index in [2.05, 4.69) is 6.92 Å². The summed E-state index contributed by atoms with van der Waals surface area (Å²) in [5.74, 6) is 1.73. The summed E-state index contributed by atoms with van der Waals surface area (Å²) >= 11 is 0. The van der Waals surface area contributed by atoms with Crippen LogP contribution in [0.3, 0.4) is 0 Å². The fourth-order valence-electron chi connectivity index (χ4n) is 1.51. The van der Waals surface area contributed by atoms with Crippen molar-refractivity contribution in [2.45, 2.75) is 26.2 Å². The molecule has 0 atom stereocenters. The lowest BCUT2D eigenvalue weighted by Crippen LogP contribution is -2.21. The average molecular weight is 265 g/mol. The Morgan fingerprint density at radius 2 is 1.79 bits per heavy atom. The topological polar surface area (TPSA) is 38.8 Å². The molecule has 0 aliphatic carbocycles. The number of nitrogens with zero attached hydrogens (tertiary/aromatic N) is 1. The molecule has 4 heteroatoms. The Kier molecular flexibility index (Phi) is 6.79. The zero-order chi connectivity index (χ0) is 14.1. The van der Waals surface area contributed by atoms with Gasteiger partial charge in [-0.25, -0.2) is 0 Å². The third-order valence-corrected chi connectivity index (χ3v) is 2.58. The minimum absolute atomic E-state index is 0.128. The summed E-state index contributed by atoms with van der Waals surface area (Å²) in [5, 5.41) is 0. The Labute approximate surface area is 115 Å². The predicted molar refractivity (Wildman–Crippen MR) is 75.7 cm³/mol. The number of carbonyl (C=O) groups is 1. The van der Waals surface area contributed by atoms with Crippen molar-refractivity contribution in [2.75, 3.05) is 27.3 Å². The first-order chi connectivity index (χ1) is 9.13. The molecular weight excluding hydrogens is 242 g/mol. The van der Waals surface area contributed by atoms with Crippen molar-refractivity contribution in [1.29, 1.82) is 0 Å². The molecule has 0 N–H and O–H groups in total. The molecule has 19 heavy (non-hydrogen) atoms. The first-order valence-corrected chi connectivity index (χ1v) is 6.69. The van der Waals surface area contributed by atoms with E-state index in [0.29, 0.717) is 19.6 Å². The van der Waals surface area contributed by atoms with Gasteiger partial charge in [0.15, 0.2) is 0 Å². The van der Waals surface area contributed by atoms with E-state index in [1.807, 2.05) is 24.3 Å². The molecule has 4 nitrogen and oxygen atoms in total. The van der Waals surface area contributed by atoms with Gasteiger partial charge in [-0.15, -0.1) is 0 Å². The molecule has 0 fully saturated rings. The molecule has 0 saturated carbocycles. The van der Waals surface area contributed by atoms with Gasteiger partial charge in [0.1, 0.15) is 11.5 Å². The predicted octanol–water partition coefficient (Wildman–Crippen LogP) is 2.72. The molecular formula is C15H23NO3. The van der Waals surface area contributed by atoms with Gasteiger partial charge in [0, 0.05) is 26.6 Å². The maximum absolute atomic E-state index is 11.4. The molecule has 1 amide bonds. The molecule has 0 bridgehead atoms. The van der Waals surface area contributed by atoms with E-state index in [0.717, 1.165) is 24.3 Å². The fourth-order valence-corrected chi connectivity index (χ4v) is 1.51. The van der Waals surface area contributed by atoms with Crippen LogP contribution in [0.5, 0.6) is 11.5 Å². The van der Waals surface area contributed by atoms with Crippen molar-refractivity contribution in [3.8, 4) is 11.5 Å². The van der Waals surface area contributed by atoms with E-state index < -0.39 is 0 Å². The van der Waals surface area contributed by atoms with Crippen molar-refractivity contribution in [3.63, 3.8) is 0 Å². The molecule has 1 aromatic carbocycles. The van der Waals surface area contributed by atoms with Crippen molar-refractivity contribution >= 4 is 5.91 Å². The zero-order valence-corrected chi connectivity index (χ0v) is 12.0. The van der Waals surface area contributed by atoms with Gasteiger partial charge >= 0.3 is 0 Å². The molecule has 1 rings (SSSR count). The third-order valence-electron chi connectivity index (χ3n) is 2.58. The largest absolute Gasteiger partial charge is 0.493 e. The Morgan fingerprint density at radius 3 is 2.37 bits per heavy atom. The highest BCUT2D eigenvalue weighted by Gasteiger charge is 2.03. The second kappa shape index (κ2) is 8.40. The van der Waals surface area contributed by atoms with E-state index in [1.165, 1.54) is 0 Å². The van der Waals surface area contributed by atoms with Gasteiger partial charge in [-0.3, -0.25) is 4.79 Å². The lowest BCUT2D eigenvalue weighted by Gasteiger charge is -2.11. The van der Waals surface area contributed by atoms with Crippen molar-refractivity contribution < 1.29 is 14.3 Å². The summed E-state index contributed by atoms with van der Waals surface area (Å²) in [6.45, 7) is 3.32. The number of ether oxygens (including phenoxy) is 2. The molecule has 1 aromatic rings. The SMILES string of the molecule is CCCOc1cccc(OCCCC(=O)N(C)C)c1. The summed E-state index contributed by atoms with van der Waals surface area (Å²) < 4.78 is 11.1. The number of amides is 1. The van der Waals surface area contributed by atoms with E-state index in [1.54, 1.807) is 19.0 Å². The molecule has 0 radical (unpaired) electrons. The van der Waals surface area contributed by atoms with Gasteiger partial charge in [-0.2, -0.15) is 0 Å². The second-order valence-electron chi connectivity index (χ2n) is 4.56. The maximum atomic E-state index is 11.4. The summed E-state index contributed by atoms with van der Waals surface area (Å²) in [7, 11) is 3.52. The normalized spacial score (nSPS) is 10.1. The van der Waals surface area contributed by atoms with Crippen LogP contribution in [0.2, 0.25) is 0 Å². The van der Waals surface area contributed by atoms with Crippen LogP contribution in [0.15, 0.2) is 24.3 Å². The van der Waals surface area contributed by atoms with Crippen molar-refractivity contribution in [1.82, 2.24) is 4.90 Å². The molecule has 0 unspecified atom stereocenters. The Bertz CT molecular complexity index is 391. The monoisotopic (exact) mass is 265 g/mol. The highest BCUT2D eigenvalue weighted by molar-refractivity contribution is 5.75. The molecule has 0 spiro atoms. The molecule has 0 aliphatic heterocycles. The standard InChI is InChI=1S/C15H23NO3/c1-4-10-18-13-7-5-8-14(12-13)19-11-6-9-15(17)16(2)3/h5,7-8,12H,4,6,9-11H2,1-3H3. The van der Waals surface area contributed by atoms with Gasteiger partial charge in [-0.1, -0.05) is 13.0 Å². The first kappa shape index (κ1) is 15.3. The third kappa shape index (κ3) is 6.13. The van der Waals surface area contributed by atoms with Crippen LogP contribution in [0.25, 0.3) is 0 Å². The van der Waals surface area contributed by atoms with E-state index in [-0.39, 0.29) is 5.91 Å². The van der Waals surface area contributed by atoms with E-state index in [9.17, 15) is 4.79 Å². The van der Waals surface area contributed by atoms with Crippen LogP contribution in [-0.2, 0) is 4.79 Å². The quantitative estimate of drug-likeness (QED) is 0.678. The fraction of sp³-hybridized carbons (Fsp3) is 0.533. The van der Waals surface area contributed by atoms with Gasteiger partial charge < -0.3 is 14.4 Å². The Morgan fingerprint density at radius 1 is 1.16 bits per heavy atom. The molecule has 0 aromatic heterocycles. The molecule has 0 aliphatic rings. The van der Waals surface area contributed by atoms with Crippen LogP contribution >= 0.6 is 0 Å². The van der Waals surface area contributed by atoms with E-state index >= 15 is 0 Å². The zero-order valence-electron chi connectivity index (χ0n) is 12.0. The minimum Gasteiger partial charge on any atom is -0.493 e. The highest BCUT2D eigenvalue weighted by atomic mass is 16.5. The van der Waals surface area contributed by atoms with E-state index in [4.69, 9.17) is 9.47 Å². The first-order valence-electron chi connectivity index (χ1n) is 6.69. The van der Waals surface area contributed by atoms with Crippen molar-refractivity contribution in [2.24, 2.45) is 0 Å². The summed E-state index contributed by atoms with van der Waals surface area (Å²) in [6.07, 6.45) is 2.22. The van der Waals surface area contributed by atoms with Crippen LogP contribution in [0.4, 0.5) is 0 Å². The van der Waals surface area contributed by atoms with Crippen LogP contribution in [-0.4, -0.2) is 38.1 Å². The van der Waals surface area contributed by atoms with Gasteiger partial charge in [0.25, 0.3) is 0 Å². The second-order valence-corrected chi connectivity index (χ2v) is 4.56. The Balaban J connectivity index is 2.31. The number of rotatable bonds is 8. The minimum atomic E-state index is 0.128. The number of benzene rings is 1. The number of hydrogen-bond donors (Lipinski definition) is 0. The summed E-state index contributed by atoms with van der Waals surface area (Å²) in [4.78, 5) is 13.0. The smallest absolute Gasteiger partial charge is 0.222 e. The van der Waals surface area contributed by atoms with Crippen LogP contribution in [0, 0.1) is 0 Å². The molecule has 106 valence electrons. The lowest BCUT2D eigenvalue weighted by molar-refractivity contribution is -0.128. The van der Waals surface area contributed by atoms with Crippen LogP contribution in [0.1, 0.15) is 26.2 Å². The Hall–Kier alpha value is -1.71. The molecule has 0 saturated heterocycles. The summed E-state index contributed by atoms with van der Waals surface area (Å²) in [6, 6.07) is 7.60. The number of hydrogen-bond acceptors (Lipinski definition) is 3. The van der Waals surface area contributed by atoms with Crippen LogP contribution < -0.4 is 9.47 Å².